The van der Waals surface area contributed by atoms with E-state index in [1.54, 1.807) is 6.07 Å². The highest BCUT2D eigenvalue weighted by Crippen LogP contribution is 2.46. The smallest absolute Gasteiger partial charge is 0.406 e. The Morgan fingerprint density at radius 3 is 2.38 bits per heavy atom. The molecule has 1 aromatic rings. The Bertz CT molecular complexity index is 680. The van der Waals surface area contributed by atoms with Gasteiger partial charge in [-0.15, -0.1) is 0 Å². The molecule has 1 fully saturated rings. The number of rotatable bonds is 3. The number of hydrogen-bond donors (Lipinski definition) is 1. The number of aliphatic carboxylic acids is 1. The summed E-state index contributed by atoms with van der Waals surface area (Å²) in [5.41, 5.74) is -2.42. The Morgan fingerprint density at radius 2 is 1.92 bits per heavy atom. The fraction of sp³-hybridized carbons (Fsp3) is 0.467. The minimum atomic E-state index is -4.93. The van der Waals surface area contributed by atoms with Crippen molar-refractivity contribution < 1.29 is 27.9 Å². The van der Waals surface area contributed by atoms with Gasteiger partial charge in [0.15, 0.2) is 5.41 Å². The number of carbonyl (C=O) groups is 2. The van der Waals surface area contributed by atoms with Crippen LogP contribution >= 0.6 is 23.2 Å². The Hall–Kier alpha value is -1.47. The molecule has 0 aliphatic carbocycles. The summed E-state index contributed by atoms with van der Waals surface area (Å²) in [7, 11) is 0. The molecule has 1 aliphatic heterocycles. The molecule has 2 atom stereocenters. The van der Waals surface area contributed by atoms with Gasteiger partial charge in [-0.3, -0.25) is 9.59 Å². The molecule has 1 saturated heterocycles. The first kappa shape index (κ1) is 18.9. The second kappa shape index (κ2) is 6.44. The fourth-order valence-corrected chi connectivity index (χ4v) is 3.03. The molecule has 1 aliphatic rings. The first-order valence-electron chi connectivity index (χ1n) is 7.03. The van der Waals surface area contributed by atoms with Crippen molar-refractivity contribution in [1.82, 2.24) is 4.90 Å². The summed E-state index contributed by atoms with van der Waals surface area (Å²) < 4.78 is 39.5. The molecule has 1 aromatic carbocycles. The third-order valence-electron chi connectivity index (χ3n) is 4.35. The SMILES string of the molecule is CC(C(=O)N1CCC(C(=O)O)(C(F)(F)F)C1)c1ccc(Cl)c(Cl)c1. The predicted octanol–water partition coefficient (Wildman–Crippen LogP) is 3.96. The van der Waals surface area contributed by atoms with Gasteiger partial charge in [0.1, 0.15) is 0 Å². The highest BCUT2D eigenvalue weighted by atomic mass is 35.5. The van der Waals surface area contributed by atoms with E-state index in [1.807, 2.05) is 0 Å². The molecule has 24 heavy (non-hydrogen) atoms. The number of nitrogens with zero attached hydrogens (tertiary/aromatic N) is 1. The van der Waals surface area contributed by atoms with Crippen molar-refractivity contribution in [2.24, 2.45) is 5.41 Å². The maximum absolute atomic E-state index is 13.2. The van der Waals surface area contributed by atoms with E-state index in [0.717, 1.165) is 4.90 Å². The Morgan fingerprint density at radius 1 is 1.29 bits per heavy atom. The van der Waals surface area contributed by atoms with Gasteiger partial charge in [0.25, 0.3) is 0 Å². The van der Waals surface area contributed by atoms with Gasteiger partial charge in [0, 0.05) is 13.1 Å². The Labute approximate surface area is 146 Å². The van der Waals surface area contributed by atoms with E-state index in [2.05, 4.69) is 0 Å². The van der Waals surface area contributed by atoms with Gasteiger partial charge in [0.2, 0.25) is 5.91 Å². The lowest BCUT2D eigenvalue weighted by Crippen LogP contribution is -2.48. The fourth-order valence-electron chi connectivity index (χ4n) is 2.72. The second-order valence-electron chi connectivity index (χ2n) is 5.79. The third-order valence-corrected chi connectivity index (χ3v) is 5.09. The van der Waals surface area contributed by atoms with Crippen molar-refractivity contribution in [3.05, 3.63) is 33.8 Å². The van der Waals surface area contributed by atoms with Crippen molar-refractivity contribution in [3.8, 4) is 0 Å². The summed E-state index contributed by atoms with van der Waals surface area (Å²) >= 11 is 11.7. The molecular weight excluding hydrogens is 370 g/mol. The van der Waals surface area contributed by atoms with Gasteiger partial charge in [-0.1, -0.05) is 29.3 Å². The molecule has 1 heterocycles. The van der Waals surface area contributed by atoms with Crippen LogP contribution in [0.4, 0.5) is 13.2 Å². The minimum absolute atomic E-state index is 0.227. The van der Waals surface area contributed by atoms with E-state index in [0.29, 0.717) is 10.6 Å². The van der Waals surface area contributed by atoms with Crippen LogP contribution in [0.5, 0.6) is 0 Å². The number of halogens is 5. The zero-order valence-corrected chi connectivity index (χ0v) is 14.0. The van der Waals surface area contributed by atoms with Crippen LogP contribution in [0.15, 0.2) is 18.2 Å². The highest BCUT2D eigenvalue weighted by molar-refractivity contribution is 6.42. The molecule has 1 N–H and O–H groups in total. The van der Waals surface area contributed by atoms with E-state index < -0.39 is 42.4 Å². The number of carboxylic acid groups (broad SMARTS) is 1. The lowest BCUT2D eigenvalue weighted by molar-refractivity contribution is -0.227. The largest absolute Gasteiger partial charge is 0.481 e. The average molecular weight is 384 g/mol. The van der Waals surface area contributed by atoms with Gasteiger partial charge in [-0.05, 0) is 31.0 Å². The Balaban J connectivity index is 2.22. The summed E-state index contributed by atoms with van der Waals surface area (Å²) in [4.78, 5) is 24.6. The number of benzene rings is 1. The average Bonchev–Trinajstić information content (AvgIpc) is 2.95. The zero-order chi connectivity index (χ0) is 18.3. The molecule has 0 aromatic heterocycles. The van der Waals surface area contributed by atoms with Crippen LogP contribution in [-0.2, 0) is 9.59 Å². The maximum Gasteiger partial charge on any atom is 0.406 e. The number of likely N-dealkylation sites (tertiary alicyclic amines) is 1. The quantitative estimate of drug-likeness (QED) is 0.859. The van der Waals surface area contributed by atoms with Crippen molar-refractivity contribution in [2.75, 3.05) is 13.1 Å². The molecule has 0 radical (unpaired) electrons. The van der Waals surface area contributed by atoms with Crippen LogP contribution in [0.25, 0.3) is 0 Å². The second-order valence-corrected chi connectivity index (χ2v) is 6.60. The van der Waals surface area contributed by atoms with Gasteiger partial charge in [-0.25, -0.2) is 0 Å². The summed E-state index contributed by atoms with van der Waals surface area (Å²) in [6.07, 6.45) is -5.59. The number of carboxylic acids is 1. The van der Waals surface area contributed by atoms with Crippen LogP contribution in [0.2, 0.25) is 10.0 Å². The molecule has 9 heteroatoms. The van der Waals surface area contributed by atoms with Gasteiger partial charge >= 0.3 is 12.1 Å². The normalized spacial score (nSPS) is 22.5. The van der Waals surface area contributed by atoms with Crippen molar-refractivity contribution >= 4 is 35.1 Å². The molecule has 132 valence electrons. The summed E-state index contributed by atoms with van der Waals surface area (Å²) in [5, 5.41) is 9.55. The molecular formula is C15H14Cl2F3NO3. The first-order chi connectivity index (χ1) is 11.0. The molecule has 0 spiro atoms. The van der Waals surface area contributed by atoms with E-state index in [4.69, 9.17) is 28.3 Å². The lowest BCUT2D eigenvalue weighted by atomic mass is 9.86. The number of hydrogen-bond acceptors (Lipinski definition) is 2. The van der Waals surface area contributed by atoms with Crippen LogP contribution < -0.4 is 0 Å². The van der Waals surface area contributed by atoms with Crippen molar-refractivity contribution in [3.63, 3.8) is 0 Å². The van der Waals surface area contributed by atoms with Crippen LogP contribution in [0.3, 0.4) is 0 Å². The number of alkyl halides is 3. The van der Waals surface area contributed by atoms with E-state index in [1.165, 1.54) is 19.1 Å². The summed E-state index contributed by atoms with van der Waals surface area (Å²) in [5.74, 6) is -3.31. The third kappa shape index (κ3) is 3.19. The van der Waals surface area contributed by atoms with Crippen molar-refractivity contribution in [1.29, 1.82) is 0 Å². The first-order valence-corrected chi connectivity index (χ1v) is 7.79. The summed E-state index contributed by atoms with van der Waals surface area (Å²) in [6, 6.07) is 4.52. The zero-order valence-electron chi connectivity index (χ0n) is 12.5. The highest BCUT2D eigenvalue weighted by Gasteiger charge is 2.64. The maximum atomic E-state index is 13.2. The van der Waals surface area contributed by atoms with E-state index >= 15 is 0 Å². The monoisotopic (exact) mass is 383 g/mol. The van der Waals surface area contributed by atoms with Gasteiger partial charge < -0.3 is 10.0 Å². The minimum Gasteiger partial charge on any atom is -0.481 e. The molecule has 4 nitrogen and oxygen atoms in total. The Kier molecular flexibility index (Phi) is 5.06. The van der Waals surface area contributed by atoms with E-state index in [-0.39, 0.29) is 11.6 Å². The molecule has 0 bridgehead atoms. The van der Waals surface area contributed by atoms with Crippen LogP contribution in [0, 0.1) is 5.41 Å². The topological polar surface area (TPSA) is 57.6 Å². The lowest BCUT2D eigenvalue weighted by Gasteiger charge is -2.28. The molecule has 1 amide bonds. The standard InChI is InChI=1S/C15H14Cl2F3NO3/c1-8(9-2-3-10(16)11(17)6-9)12(22)21-5-4-14(7-21,13(23)24)15(18,19)20/h2-3,6,8H,4-5,7H2,1H3,(H,23,24). The summed E-state index contributed by atoms with van der Waals surface area (Å²) in [6.45, 7) is 0.364. The predicted molar refractivity (Wildman–Crippen MR) is 82.2 cm³/mol. The van der Waals surface area contributed by atoms with Crippen molar-refractivity contribution in [2.45, 2.75) is 25.4 Å². The number of carbonyl (C=O) groups excluding carboxylic acids is 1. The molecule has 2 rings (SSSR count). The van der Waals surface area contributed by atoms with E-state index in [9.17, 15) is 22.8 Å². The van der Waals surface area contributed by atoms with Gasteiger partial charge in [-0.2, -0.15) is 13.2 Å². The van der Waals surface area contributed by atoms with Crippen LogP contribution in [-0.4, -0.2) is 41.1 Å². The van der Waals surface area contributed by atoms with Gasteiger partial charge in [0.05, 0.1) is 16.0 Å². The number of amides is 1. The van der Waals surface area contributed by atoms with Crippen LogP contribution in [0.1, 0.15) is 24.8 Å². The molecule has 2 unspecified atom stereocenters. The molecule has 0 saturated carbocycles.